The molecule has 0 saturated heterocycles. The summed E-state index contributed by atoms with van der Waals surface area (Å²) in [4.78, 5) is 1.27. The molecule has 1 nitrogen and oxygen atoms in total. The lowest BCUT2D eigenvalue weighted by atomic mass is 10.4. The molecule has 0 fully saturated rings. The maximum absolute atomic E-state index is 8.60. The lowest BCUT2D eigenvalue weighted by Gasteiger charge is -1.87. The van der Waals surface area contributed by atoms with Crippen molar-refractivity contribution in [1.82, 2.24) is 0 Å². The van der Waals surface area contributed by atoms with Gasteiger partial charge in [-0.25, -0.2) is 0 Å². The number of aliphatic hydroxyl groups excluding tert-OH is 1. The minimum absolute atomic E-state index is 0.258. The molecule has 0 saturated carbocycles. The second-order valence-electron chi connectivity index (χ2n) is 1.90. The average molecular weight is 174 g/mol. The lowest BCUT2D eigenvalue weighted by Crippen LogP contribution is -1.84. The van der Waals surface area contributed by atoms with Gasteiger partial charge in [-0.2, -0.15) is 0 Å². The first-order chi connectivity index (χ1) is 4.86. The van der Waals surface area contributed by atoms with Gasteiger partial charge in [0.05, 0.1) is 4.21 Å². The van der Waals surface area contributed by atoms with Gasteiger partial charge >= 0.3 is 0 Å². The fourth-order valence-electron chi connectivity index (χ4n) is 0.713. The van der Waals surface area contributed by atoms with Crippen LogP contribution in [0.15, 0.2) is 16.3 Å². The quantitative estimate of drug-likeness (QED) is 0.707. The highest BCUT2D eigenvalue weighted by Gasteiger charge is 1.96. The maximum atomic E-state index is 8.60. The van der Waals surface area contributed by atoms with Gasteiger partial charge in [0.1, 0.15) is 0 Å². The Labute approximate surface area is 69.1 Å². The van der Waals surface area contributed by atoms with E-state index in [2.05, 4.69) is 18.4 Å². The van der Waals surface area contributed by atoms with Crippen molar-refractivity contribution in [3.8, 4) is 0 Å². The number of aliphatic hydroxyl groups is 1. The van der Waals surface area contributed by atoms with Crippen molar-refractivity contribution in [3.05, 3.63) is 17.0 Å². The summed E-state index contributed by atoms with van der Waals surface area (Å²) in [5.41, 5.74) is 0. The van der Waals surface area contributed by atoms with Gasteiger partial charge in [-0.3, -0.25) is 0 Å². The van der Waals surface area contributed by atoms with Gasteiger partial charge in [0, 0.05) is 17.9 Å². The second-order valence-corrected chi connectivity index (χ2v) is 4.17. The molecule has 1 N–H and O–H groups in total. The summed E-state index contributed by atoms with van der Waals surface area (Å²) < 4.78 is 1.32. The number of thiophene rings is 1. The van der Waals surface area contributed by atoms with Gasteiger partial charge < -0.3 is 5.11 Å². The van der Waals surface area contributed by atoms with Crippen LogP contribution in [0.1, 0.15) is 4.88 Å². The monoisotopic (exact) mass is 174 g/mol. The van der Waals surface area contributed by atoms with E-state index in [1.54, 1.807) is 23.1 Å². The van der Waals surface area contributed by atoms with E-state index < -0.39 is 0 Å². The molecule has 1 rings (SSSR count). The van der Waals surface area contributed by atoms with E-state index in [1.807, 2.05) is 0 Å². The number of hydrogen-bond donors (Lipinski definition) is 1. The third-order valence-electron chi connectivity index (χ3n) is 1.20. The number of thioether (sulfide) groups is 1. The van der Waals surface area contributed by atoms with Gasteiger partial charge in [0.25, 0.3) is 0 Å². The molecule has 1 aromatic rings. The standard InChI is InChI=1S/C7H10OS2/c1-9-7-3-2-6(10-7)4-5-8/h2-3,8H,4-5H2,1H3. The molecule has 0 aromatic carbocycles. The maximum Gasteiger partial charge on any atom is 0.0598 e. The molecular formula is C7H10OS2. The summed E-state index contributed by atoms with van der Waals surface area (Å²) in [6.45, 7) is 0.258. The van der Waals surface area contributed by atoms with Crippen LogP contribution in [0.25, 0.3) is 0 Å². The first-order valence-corrected chi connectivity index (χ1v) is 5.14. The van der Waals surface area contributed by atoms with E-state index >= 15 is 0 Å². The summed E-state index contributed by atoms with van der Waals surface area (Å²) in [7, 11) is 0. The summed E-state index contributed by atoms with van der Waals surface area (Å²) in [5, 5.41) is 8.60. The first-order valence-electron chi connectivity index (χ1n) is 3.10. The van der Waals surface area contributed by atoms with E-state index in [9.17, 15) is 0 Å². The topological polar surface area (TPSA) is 20.2 Å². The molecule has 10 heavy (non-hydrogen) atoms. The van der Waals surface area contributed by atoms with Crippen LogP contribution in [-0.2, 0) is 6.42 Å². The molecule has 0 amide bonds. The molecule has 0 spiro atoms. The van der Waals surface area contributed by atoms with Crippen molar-refractivity contribution < 1.29 is 5.11 Å². The van der Waals surface area contributed by atoms with Gasteiger partial charge in [0.15, 0.2) is 0 Å². The third kappa shape index (κ3) is 2.01. The van der Waals surface area contributed by atoms with Gasteiger partial charge in [-0.05, 0) is 18.4 Å². The summed E-state index contributed by atoms with van der Waals surface area (Å²) in [6.07, 6.45) is 2.86. The van der Waals surface area contributed by atoms with Crippen molar-refractivity contribution in [2.45, 2.75) is 10.6 Å². The van der Waals surface area contributed by atoms with Crippen molar-refractivity contribution >= 4 is 23.1 Å². The highest BCUT2D eigenvalue weighted by molar-refractivity contribution is 8.00. The van der Waals surface area contributed by atoms with Crippen molar-refractivity contribution in [3.63, 3.8) is 0 Å². The van der Waals surface area contributed by atoms with E-state index in [0.29, 0.717) is 0 Å². The lowest BCUT2D eigenvalue weighted by molar-refractivity contribution is 0.300. The van der Waals surface area contributed by atoms with Crippen LogP contribution in [0, 0.1) is 0 Å². The Balaban J connectivity index is 2.59. The predicted molar refractivity (Wildman–Crippen MR) is 46.9 cm³/mol. The van der Waals surface area contributed by atoms with Crippen molar-refractivity contribution in [2.24, 2.45) is 0 Å². The first kappa shape index (κ1) is 8.11. The minimum Gasteiger partial charge on any atom is -0.396 e. The van der Waals surface area contributed by atoms with E-state index in [0.717, 1.165) is 6.42 Å². The molecule has 0 atom stereocenters. The summed E-state index contributed by atoms with van der Waals surface area (Å²) >= 11 is 3.51. The summed E-state index contributed by atoms with van der Waals surface area (Å²) in [5.74, 6) is 0. The highest BCUT2D eigenvalue weighted by Crippen LogP contribution is 2.24. The zero-order valence-electron chi connectivity index (χ0n) is 5.83. The molecule has 0 radical (unpaired) electrons. The summed E-state index contributed by atoms with van der Waals surface area (Å²) in [6, 6.07) is 4.17. The Bertz CT molecular complexity index is 195. The van der Waals surface area contributed by atoms with Gasteiger partial charge in [0.2, 0.25) is 0 Å². The molecule has 0 aliphatic rings. The predicted octanol–water partition coefficient (Wildman–Crippen LogP) is 2.00. The molecule has 0 unspecified atom stereocenters. The molecule has 56 valence electrons. The Morgan fingerprint density at radius 3 is 2.90 bits per heavy atom. The molecule has 3 heteroatoms. The molecule has 0 aliphatic carbocycles. The molecule has 0 aliphatic heterocycles. The zero-order valence-corrected chi connectivity index (χ0v) is 7.47. The van der Waals surface area contributed by atoms with E-state index in [4.69, 9.17) is 5.11 Å². The molecular weight excluding hydrogens is 164 g/mol. The largest absolute Gasteiger partial charge is 0.396 e. The SMILES string of the molecule is CSc1ccc(CCO)s1. The highest BCUT2D eigenvalue weighted by atomic mass is 32.2. The molecule has 0 bridgehead atoms. The van der Waals surface area contributed by atoms with Crippen LogP contribution >= 0.6 is 23.1 Å². The Hall–Kier alpha value is 0.01000. The van der Waals surface area contributed by atoms with Gasteiger partial charge in [-0.15, -0.1) is 23.1 Å². The smallest absolute Gasteiger partial charge is 0.0598 e. The van der Waals surface area contributed by atoms with Crippen LogP contribution in [-0.4, -0.2) is 18.0 Å². The average Bonchev–Trinajstić information content (AvgIpc) is 2.37. The number of rotatable bonds is 3. The van der Waals surface area contributed by atoms with Crippen LogP contribution in [0.5, 0.6) is 0 Å². The van der Waals surface area contributed by atoms with Crippen LogP contribution in [0.4, 0.5) is 0 Å². The van der Waals surface area contributed by atoms with Crippen molar-refractivity contribution in [2.75, 3.05) is 12.9 Å². The minimum atomic E-state index is 0.258. The second kappa shape index (κ2) is 4.01. The fourth-order valence-corrected chi connectivity index (χ4v) is 2.30. The van der Waals surface area contributed by atoms with E-state index in [1.165, 1.54) is 9.09 Å². The third-order valence-corrected chi connectivity index (χ3v) is 3.42. The normalized spacial score (nSPS) is 10.2. The Kier molecular flexibility index (Phi) is 3.25. The van der Waals surface area contributed by atoms with Gasteiger partial charge in [-0.1, -0.05) is 0 Å². The Morgan fingerprint density at radius 1 is 1.60 bits per heavy atom. The Morgan fingerprint density at radius 2 is 2.40 bits per heavy atom. The van der Waals surface area contributed by atoms with Crippen molar-refractivity contribution in [1.29, 1.82) is 0 Å². The molecule has 1 heterocycles. The number of hydrogen-bond acceptors (Lipinski definition) is 3. The molecule has 1 aromatic heterocycles. The fraction of sp³-hybridized carbons (Fsp3) is 0.429. The van der Waals surface area contributed by atoms with Crippen LogP contribution < -0.4 is 0 Å². The van der Waals surface area contributed by atoms with E-state index in [-0.39, 0.29) is 6.61 Å². The van der Waals surface area contributed by atoms with Crippen LogP contribution in [0.3, 0.4) is 0 Å². The zero-order chi connectivity index (χ0) is 7.40. The van der Waals surface area contributed by atoms with Crippen LogP contribution in [0.2, 0.25) is 0 Å².